The third-order valence-corrected chi connectivity index (χ3v) is 2.98. The Morgan fingerprint density at radius 2 is 1.71 bits per heavy atom. The molecule has 3 rings (SSSR count). The molecule has 0 radical (unpaired) electrons. The second-order valence-corrected chi connectivity index (χ2v) is 4.26. The Morgan fingerprint density at radius 3 is 2.47 bits per heavy atom. The highest BCUT2D eigenvalue weighted by Crippen LogP contribution is 2.33. The molecular weight excluding hydrogens is 210 g/mol. The Labute approximate surface area is 101 Å². The summed E-state index contributed by atoms with van der Waals surface area (Å²) in [5, 5.41) is 0. The lowest BCUT2D eigenvalue weighted by Crippen LogP contribution is -2.06. The summed E-state index contributed by atoms with van der Waals surface area (Å²) in [5.74, 6) is 0.841. The third kappa shape index (κ3) is 1.68. The summed E-state index contributed by atoms with van der Waals surface area (Å²) in [6, 6.07) is 14.6. The monoisotopic (exact) mass is 223 g/mol. The molecule has 0 spiro atoms. The number of benzene rings is 2. The fraction of sp³-hybridized carbons (Fsp3) is 0.0667. The molecule has 0 saturated heterocycles. The van der Waals surface area contributed by atoms with Crippen molar-refractivity contribution in [2.24, 2.45) is 0 Å². The quantitative estimate of drug-likeness (QED) is 0.798. The Hall–Kier alpha value is -2.22. The van der Waals surface area contributed by atoms with Crippen molar-refractivity contribution in [3.05, 3.63) is 60.2 Å². The minimum absolute atomic E-state index is 0.815. The molecule has 2 heteroatoms. The normalized spacial score (nSPS) is 12.9. The van der Waals surface area contributed by atoms with E-state index < -0.39 is 0 Å². The van der Waals surface area contributed by atoms with Crippen LogP contribution in [0, 0.1) is 6.92 Å². The van der Waals surface area contributed by atoms with Crippen molar-refractivity contribution in [3.8, 4) is 16.9 Å². The first-order chi connectivity index (χ1) is 8.24. The van der Waals surface area contributed by atoms with Crippen LogP contribution in [-0.4, -0.2) is 0 Å². The molecule has 1 heterocycles. The highest BCUT2D eigenvalue weighted by molar-refractivity contribution is 5.75. The summed E-state index contributed by atoms with van der Waals surface area (Å²) in [4.78, 5) is 5.35. The van der Waals surface area contributed by atoms with E-state index in [1.54, 1.807) is 0 Å². The molecule has 1 aliphatic heterocycles. The molecule has 2 aromatic carbocycles. The fourth-order valence-corrected chi connectivity index (χ4v) is 1.95. The Morgan fingerprint density at radius 1 is 1.00 bits per heavy atom. The zero-order valence-corrected chi connectivity index (χ0v) is 9.66. The van der Waals surface area contributed by atoms with Gasteiger partial charge in [-0.05, 0) is 30.2 Å². The summed E-state index contributed by atoms with van der Waals surface area (Å²) in [6.45, 7) is 5.96. The summed E-state index contributed by atoms with van der Waals surface area (Å²) in [7, 11) is 0. The van der Waals surface area contributed by atoms with Gasteiger partial charge >= 0.3 is 0 Å². The maximum absolute atomic E-state index is 5.35. The average Bonchev–Trinajstić information content (AvgIpc) is 2.72. The summed E-state index contributed by atoms with van der Waals surface area (Å²) in [5.41, 5.74) is 8.23. The predicted molar refractivity (Wildman–Crippen MR) is 69.4 cm³/mol. The number of fused-ring (bicyclic) bond motifs is 1. The van der Waals surface area contributed by atoms with Gasteiger partial charge in [0.05, 0.1) is 5.70 Å². The van der Waals surface area contributed by atoms with E-state index in [0.717, 1.165) is 22.6 Å². The van der Waals surface area contributed by atoms with Gasteiger partial charge in [-0.15, -0.1) is 0 Å². The van der Waals surface area contributed by atoms with Gasteiger partial charge in [0.15, 0.2) is 5.75 Å². The van der Waals surface area contributed by atoms with Crippen LogP contribution in [0.15, 0.2) is 49.0 Å². The zero-order chi connectivity index (χ0) is 11.8. The standard InChI is InChI=1S/C15H13NO/c1-10-3-5-12(6-4-10)13-7-8-14-11(2)16-17-15(14)9-13/h3-9,16H,2H2,1H3. The van der Waals surface area contributed by atoms with Gasteiger partial charge in [0.1, 0.15) is 0 Å². The van der Waals surface area contributed by atoms with Crippen molar-refractivity contribution in [1.82, 2.24) is 5.48 Å². The Kier molecular flexibility index (Phi) is 2.15. The second kappa shape index (κ2) is 3.67. The van der Waals surface area contributed by atoms with Crippen molar-refractivity contribution in [3.63, 3.8) is 0 Å². The lowest BCUT2D eigenvalue weighted by atomic mass is 10.0. The molecule has 1 aliphatic rings. The highest BCUT2D eigenvalue weighted by atomic mass is 16.7. The largest absolute Gasteiger partial charge is 0.381 e. The Balaban J connectivity index is 2.05. The van der Waals surface area contributed by atoms with Gasteiger partial charge in [0.25, 0.3) is 0 Å². The number of hydrogen-bond donors (Lipinski definition) is 1. The smallest absolute Gasteiger partial charge is 0.165 e. The van der Waals surface area contributed by atoms with Crippen molar-refractivity contribution in [1.29, 1.82) is 0 Å². The molecule has 2 aromatic rings. The molecule has 0 aromatic heterocycles. The molecule has 0 aliphatic carbocycles. The molecule has 2 nitrogen and oxygen atoms in total. The van der Waals surface area contributed by atoms with Gasteiger partial charge in [-0.2, -0.15) is 0 Å². The van der Waals surface area contributed by atoms with E-state index in [1.165, 1.54) is 11.1 Å². The van der Waals surface area contributed by atoms with Crippen molar-refractivity contribution < 1.29 is 4.84 Å². The minimum Gasteiger partial charge on any atom is -0.381 e. The van der Waals surface area contributed by atoms with Crippen LogP contribution < -0.4 is 10.3 Å². The van der Waals surface area contributed by atoms with Crippen LogP contribution in [0.2, 0.25) is 0 Å². The molecule has 17 heavy (non-hydrogen) atoms. The molecule has 84 valence electrons. The number of rotatable bonds is 1. The van der Waals surface area contributed by atoms with Crippen LogP contribution in [0.3, 0.4) is 0 Å². The zero-order valence-electron chi connectivity index (χ0n) is 9.66. The Bertz CT molecular complexity index is 584. The van der Waals surface area contributed by atoms with Gasteiger partial charge in [-0.25, -0.2) is 5.48 Å². The van der Waals surface area contributed by atoms with Crippen LogP contribution in [0.4, 0.5) is 0 Å². The van der Waals surface area contributed by atoms with Crippen molar-refractivity contribution >= 4 is 5.70 Å². The van der Waals surface area contributed by atoms with E-state index in [9.17, 15) is 0 Å². The second-order valence-electron chi connectivity index (χ2n) is 4.26. The van der Waals surface area contributed by atoms with E-state index in [2.05, 4.69) is 49.3 Å². The van der Waals surface area contributed by atoms with E-state index in [4.69, 9.17) is 4.84 Å². The summed E-state index contributed by atoms with van der Waals surface area (Å²) < 4.78 is 0. The maximum atomic E-state index is 5.35. The molecule has 0 atom stereocenters. The lowest BCUT2D eigenvalue weighted by molar-refractivity contribution is 0.272. The fourth-order valence-electron chi connectivity index (χ4n) is 1.95. The van der Waals surface area contributed by atoms with Crippen LogP contribution >= 0.6 is 0 Å². The molecule has 0 amide bonds. The topological polar surface area (TPSA) is 21.3 Å². The van der Waals surface area contributed by atoms with E-state index in [0.29, 0.717) is 0 Å². The number of nitrogens with one attached hydrogen (secondary N) is 1. The van der Waals surface area contributed by atoms with Gasteiger partial charge in [0, 0.05) is 5.56 Å². The van der Waals surface area contributed by atoms with Gasteiger partial charge in [0.2, 0.25) is 0 Å². The van der Waals surface area contributed by atoms with E-state index in [-0.39, 0.29) is 0 Å². The van der Waals surface area contributed by atoms with Crippen molar-refractivity contribution in [2.75, 3.05) is 0 Å². The van der Waals surface area contributed by atoms with Crippen LogP contribution in [0.25, 0.3) is 16.8 Å². The van der Waals surface area contributed by atoms with Gasteiger partial charge in [-0.1, -0.05) is 42.5 Å². The van der Waals surface area contributed by atoms with E-state index in [1.807, 2.05) is 12.1 Å². The van der Waals surface area contributed by atoms with Gasteiger partial charge < -0.3 is 4.84 Å². The minimum atomic E-state index is 0.815. The molecule has 0 bridgehead atoms. The van der Waals surface area contributed by atoms with E-state index >= 15 is 0 Å². The first-order valence-corrected chi connectivity index (χ1v) is 5.57. The molecule has 0 saturated carbocycles. The number of hydrogen-bond acceptors (Lipinski definition) is 2. The van der Waals surface area contributed by atoms with Crippen LogP contribution in [0.5, 0.6) is 5.75 Å². The first kappa shape index (κ1) is 9.97. The summed E-state index contributed by atoms with van der Waals surface area (Å²) >= 11 is 0. The number of hydroxylamine groups is 1. The molecule has 0 fully saturated rings. The lowest BCUT2D eigenvalue weighted by Gasteiger charge is -2.04. The third-order valence-electron chi connectivity index (χ3n) is 2.98. The summed E-state index contributed by atoms with van der Waals surface area (Å²) in [6.07, 6.45) is 0. The first-order valence-electron chi connectivity index (χ1n) is 5.57. The highest BCUT2D eigenvalue weighted by Gasteiger charge is 2.16. The molecule has 0 unspecified atom stereocenters. The predicted octanol–water partition coefficient (Wildman–Crippen LogP) is 3.53. The number of aryl methyl sites for hydroxylation is 1. The average molecular weight is 223 g/mol. The molecule has 1 N–H and O–H groups in total. The van der Waals surface area contributed by atoms with Crippen LogP contribution in [0.1, 0.15) is 11.1 Å². The van der Waals surface area contributed by atoms with Crippen LogP contribution in [-0.2, 0) is 0 Å². The van der Waals surface area contributed by atoms with Gasteiger partial charge in [-0.3, -0.25) is 0 Å². The maximum Gasteiger partial charge on any atom is 0.165 e. The molecular formula is C15H13NO. The van der Waals surface area contributed by atoms with Crippen molar-refractivity contribution in [2.45, 2.75) is 6.92 Å². The SMILES string of the molecule is C=C1NOc2cc(-c3ccc(C)cc3)ccc21.